The summed E-state index contributed by atoms with van der Waals surface area (Å²) in [6.07, 6.45) is 2.67. The Labute approximate surface area is 112 Å². The number of aldehydes is 1. The number of rotatable bonds is 7. The Kier molecular flexibility index (Phi) is 6.29. The third-order valence-corrected chi connectivity index (χ3v) is 2.25. The average molecular weight is 264 g/mol. The topological polar surface area (TPSA) is 50.7 Å². The van der Waals surface area contributed by atoms with Gasteiger partial charge in [-0.15, -0.1) is 0 Å². The van der Waals surface area contributed by atoms with E-state index < -0.39 is 6.17 Å². The van der Waals surface area contributed by atoms with Crippen LogP contribution in [0.1, 0.15) is 12.5 Å². The highest BCUT2D eigenvalue weighted by Crippen LogP contribution is 2.24. The van der Waals surface area contributed by atoms with E-state index in [1.54, 1.807) is 37.4 Å². The molecule has 1 N–H and O–H groups in total. The molecule has 1 aromatic carbocycles. The predicted molar refractivity (Wildman–Crippen MR) is 74.1 cm³/mol. The van der Waals surface area contributed by atoms with Crippen molar-refractivity contribution >= 4 is 18.1 Å². The first-order chi connectivity index (χ1) is 9.19. The quantitative estimate of drug-likeness (QED) is 0.355. The molecule has 0 spiro atoms. The van der Waals surface area contributed by atoms with Gasteiger partial charge in [0.05, 0.1) is 0 Å². The zero-order valence-corrected chi connectivity index (χ0v) is 11.0. The summed E-state index contributed by atoms with van der Waals surface area (Å²) in [5.41, 5.74) is 3.61. The Morgan fingerprint density at radius 1 is 1.53 bits per heavy atom. The molecule has 1 atom stereocenters. The Balaban J connectivity index is 2.99. The number of hydrogen-bond donors (Lipinski definition) is 1. The van der Waals surface area contributed by atoms with E-state index >= 15 is 0 Å². The number of benzene rings is 1. The maximum Gasteiger partial charge on any atom is 0.150 e. The van der Waals surface area contributed by atoms with Crippen LogP contribution >= 0.6 is 0 Å². The Bertz CT molecular complexity index is 470. The molecule has 19 heavy (non-hydrogen) atoms. The normalized spacial score (nSPS) is 13.3. The second-order valence-corrected chi connectivity index (χ2v) is 3.83. The lowest BCUT2D eigenvalue weighted by molar-refractivity contribution is -0.103. The maximum absolute atomic E-state index is 12.8. The highest BCUT2D eigenvalue weighted by Gasteiger charge is 2.08. The van der Waals surface area contributed by atoms with Crippen molar-refractivity contribution < 1.29 is 13.9 Å². The van der Waals surface area contributed by atoms with E-state index in [4.69, 9.17) is 4.74 Å². The minimum atomic E-state index is -1.07. The van der Waals surface area contributed by atoms with Gasteiger partial charge in [-0.2, -0.15) is 5.10 Å². The molecule has 1 unspecified atom stereocenters. The van der Waals surface area contributed by atoms with Crippen LogP contribution in [0.5, 0.6) is 5.75 Å². The van der Waals surface area contributed by atoms with Crippen LogP contribution in [0.25, 0.3) is 5.57 Å². The molecule has 0 aliphatic carbocycles. The third kappa shape index (κ3) is 4.91. The number of ether oxygens (including phenoxy) is 1. The molecular formula is C14H17FN2O2. The maximum atomic E-state index is 12.8. The molecule has 0 saturated heterocycles. The van der Waals surface area contributed by atoms with Crippen molar-refractivity contribution in [2.75, 3.05) is 13.7 Å². The first-order valence-electron chi connectivity index (χ1n) is 5.90. The van der Waals surface area contributed by atoms with E-state index in [2.05, 4.69) is 10.5 Å². The van der Waals surface area contributed by atoms with Crippen LogP contribution in [0.15, 0.2) is 35.4 Å². The van der Waals surface area contributed by atoms with Gasteiger partial charge in [0.25, 0.3) is 0 Å². The van der Waals surface area contributed by atoms with Crippen molar-refractivity contribution in [2.45, 2.75) is 13.1 Å². The van der Waals surface area contributed by atoms with Crippen molar-refractivity contribution in [2.24, 2.45) is 5.10 Å². The highest BCUT2D eigenvalue weighted by molar-refractivity contribution is 6.12. The number of nitrogens with one attached hydrogen (secondary N) is 1. The molecule has 102 valence electrons. The van der Waals surface area contributed by atoms with Gasteiger partial charge < -0.3 is 10.2 Å². The molecule has 0 fully saturated rings. The number of alkyl halides is 1. The molecule has 0 saturated carbocycles. The van der Waals surface area contributed by atoms with Gasteiger partial charge in [0.2, 0.25) is 0 Å². The van der Waals surface area contributed by atoms with Gasteiger partial charge in [-0.05, 0) is 19.1 Å². The minimum Gasteiger partial charge on any atom is -0.490 e. The molecule has 0 aromatic heterocycles. The fourth-order valence-corrected chi connectivity index (χ4v) is 1.42. The third-order valence-electron chi connectivity index (χ3n) is 2.25. The monoisotopic (exact) mass is 264 g/mol. The van der Waals surface area contributed by atoms with Crippen LogP contribution in [0, 0.1) is 0 Å². The number of hydrogen-bond acceptors (Lipinski definition) is 4. The lowest BCUT2D eigenvalue weighted by Crippen LogP contribution is -2.09. The number of hydrazone groups is 1. The van der Waals surface area contributed by atoms with E-state index in [1.807, 2.05) is 0 Å². The summed E-state index contributed by atoms with van der Waals surface area (Å²) >= 11 is 0. The number of halogens is 1. The van der Waals surface area contributed by atoms with Gasteiger partial charge in [-0.3, -0.25) is 4.79 Å². The van der Waals surface area contributed by atoms with Gasteiger partial charge in [-0.1, -0.05) is 18.2 Å². The van der Waals surface area contributed by atoms with Crippen LogP contribution in [0.2, 0.25) is 0 Å². The van der Waals surface area contributed by atoms with Crippen LogP contribution in [0.3, 0.4) is 0 Å². The summed E-state index contributed by atoms with van der Waals surface area (Å²) in [4.78, 5) is 11.1. The molecule has 4 nitrogen and oxygen atoms in total. The molecule has 0 aliphatic heterocycles. The van der Waals surface area contributed by atoms with E-state index in [0.29, 0.717) is 23.2 Å². The molecule has 0 aliphatic rings. The molecule has 5 heteroatoms. The summed E-state index contributed by atoms with van der Waals surface area (Å²) in [7, 11) is 1.66. The van der Waals surface area contributed by atoms with Crippen molar-refractivity contribution in [3.63, 3.8) is 0 Å². The van der Waals surface area contributed by atoms with Crippen molar-refractivity contribution in [1.82, 2.24) is 5.43 Å². The van der Waals surface area contributed by atoms with E-state index in [1.165, 1.54) is 13.1 Å². The molecule has 1 aromatic rings. The van der Waals surface area contributed by atoms with Crippen molar-refractivity contribution in [1.29, 1.82) is 0 Å². The first kappa shape index (κ1) is 14.9. The molecule has 0 radical (unpaired) electrons. The van der Waals surface area contributed by atoms with Crippen LogP contribution in [-0.2, 0) is 4.79 Å². The zero-order valence-electron chi connectivity index (χ0n) is 11.0. The second kappa shape index (κ2) is 8.02. The first-order valence-corrected chi connectivity index (χ1v) is 5.90. The van der Waals surface area contributed by atoms with Crippen molar-refractivity contribution in [3.05, 3.63) is 35.9 Å². The van der Waals surface area contributed by atoms with Gasteiger partial charge >= 0.3 is 0 Å². The second-order valence-electron chi connectivity index (χ2n) is 3.83. The predicted octanol–water partition coefficient (Wildman–Crippen LogP) is 2.21. The summed E-state index contributed by atoms with van der Waals surface area (Å²) < 4.78 is 18.2. The van der Waals surface area contributed by atoms with Gasteiger partial charge in [0.1, 0.15) is 18.5 Å². The van der Waals surface area contributed by atoms with Crippen LogP contribution < -0.4 is 10.2 Å². The minimum absolute atomic E-state index is 0.0479. The van der Waals surface area contributed by atoms with Gasteiger partial charge in [0, 0.05) is 24.4 Å². The summed E-state index contributed by atoms with van der Waals surface area (Å²) in [5, 5.41) is 3.78. The average Bonchev–Trinajstić information content (AvgIpc) is 2.42. The molecule has 0 heterocycles. The van der Waals surface area contributed by atoms with Crippen LogP contribution in [-0.4, -0.2) is 32.3 Å². The van der Waals surface area contributed by atoms with Gasteiger partial charge in [-0.25, -0.2) is 4.39 Å². The fraction of sp³-hybridized carbons (Fsp3) is 0.286. The van der Waals surface area contributed by atoms with E-state index in [0.717, 1.165) is 0 Å². The van der Waals surface area contributed by atoms with Crippen molar-refractivity contribution in [3.8, 4) is 5.75 Å². The molecular weight excluding hydrogens is 247 g/mol. The number of carbonyl (C=O) groups excluding carboxylic acids is 1. The number of carbonyl (C=O) groups is 1. The molecule has 0 bridgehead atoms. The number of para-hydroxylation sites is 1. The summed E-state index contributed by atoms with van der Waals surface area (Å²) in [6, 6.07) is 7.00. The zero-order chi connectivity index (χ0) is 14.1. The summed E-state index contributed by atoms with van der Waals surface area (Å²) in [6.45, 7) is 1.37. The van der Waals surface area contributed by atoms with Crippen LogP contribution in [0.4, 0.5) is 4.39 Å². The van der Waals surface area contributed by atoms with E-state index in [9.17, 15) is 9.18 Å². The molecule has 1 rings (SSSR count). The smallest absolute Gasteiger partial charge is 0.150 e. The lowest BCUT2D eigenvalue weighted by atomic mass is 10.1. The largest absolute Gasteiger partial charge is 0.490 e. The number of allylic oxidation sites excluding steroid dienone is 2. The molecule has 0 amide bonds. The van der Waals surface area contributed by atoms with Gasteiger partial charge in [0.15, 0.2) is 6.29 Å². The highest BCUT2D eigenvalue weighted by atomic mass is 19.1. The Morgan fingerprint density at radius 2 is 2.26 bits per heavy atom. The standard InChI is InChI=1S/C14H17FN2O2/c1-11(15)10-19-14-6-4-3-5-13(14)12(9-18)7-8-17-16-2/h3-9,11,16H,10H2,1-2H3/b12-7-,17-8-. The van der Waals surface area contributed by atoms with E-state index in [-0.39, 0.29) is 6.61 Å². The lowest BCUT2D eigenvalue weighted by Gasteiger charge is -2.11. The fourth-order valence-electron chi connectivity index (χ4n) is 1.42. The number of nitrogens with zero attached hydrogens (tertiary/aromatic N) is 1. The summed E-state index contributed by atoms with van der Waals surface area (Å²) in [5.74, 6) is 0.475. The Hall–Kier alpha value is -2.17. The Morgan fingerprint density at radius 3 is 2.89 bits per heavy atom. The SMILES string of the molecule is CN/N=C\C=C(\C=O)c1ccccc1OCC(C)F.